The van der Waals surface area contributed by atoms with Crippen LogP contribution in [0.5, 0.6) is 0 Å². The first kappa shape index (κ1) is 14.0. The average molecular weight is 251 g/mol. The Labute approximate surface area is 106 Å². The number of hydrogen-bond acceptors (Lipinski definition) is 4. The highest BCUT2D eigenvalue weighted by Crippen LogP contribution is 2.28. The third-order valence-corrected chi connectivity index (χ3v) is 2.62. The summed E-state index contributed by atoms with van der Waals surface area (Å²) in [5.41, 5.74) is 0.284. The summed E-state index contributed by atoms with van der Waals surface area (Å²) in [4.78, 5) is 24.2. The van der Waals surface area contributed by atoms with E-state index in [0.29, 0.717) is 12.2 Å². The second kappa shape index (κ2) is 6.00. The first-order chi connectivity index (χ1) is 8.52. The summed E-state index contributed by atoms with van der Waals surface area (Å²) in [6.45, 7) is 2.52. The van der Waals surface area contributed by atoms with E-state index in [9.17, 15) is 14.9 Å². The van der Waals surface area contributed by atoms with Crippen LogP contribution in [0.2, 0.25) is 0 Å². The first-order valence-corrected chi connectivity index (χ1v) is 5.73. The monoisotopic (exact) mass is 251 g/mol. The molecule has 18 heavy (non-hydrogen) atoms. The van der Waals surface area contributed by atoms with E-state index in [1.165, 1.54) is 11.0 Å². The van der Waals surface area contributed by atoms with Gasteiger partial charge in [0.25, 0.3) is 5.91 Å². The van der Waals surface area contributed by atoms with Crippen LogP contribution in [-0.4, -0.2) is 36.4 Å². The summed E-state index contributed by atoms with van der Waals surface area (Å²) in [6, 6.07) is 4.69. The van der Waals surface area contributed by atoms with Crippen molar-refractivity contribution in [2.75, 3.05) is 26.0 Å². The van der Waals surface area contributed by atoms with Crippen molar-refractivity contribution in [3.8, 4) is 0 Å². The van der Waals surface area contributed by atoms with Gasteiger partial charge in [-0.05, 0) is 18.6 Å². The van der Waals surface area contributed by atoms with Crippen LogP contribution >= 0.6 is 0 Å². The molecule has 1 amide bonds. The molecule has 0 spiro atoms. The molecule has 0 radical (unpaired) electrons. The second-order valence-electron chi connectivity index (χ2n) is 3.94. The molecule has 0 fully saturated rings. The zero-order chi connectivity index (χ0) is 13.7. The van der Waals surface area contributed by atoms with Crippen molar-refractivity contribution < 1.29 is 9.72 Å². The van der Waals surface area contributed by atoms with Gasteiger partial charge in [0, 0.05) is 20.6 Å². The van der Waals surface area contributed by atoms with Crippen LogP contribution in [0, 0.1) is 10.1 Å². The number of carbonyl (C=O) groups is 1. The minimum Gasteiger partial charge on any atom is -0.383 e. The van der Waals surface area contributed by atoms with Crippen LogP contribution in [0.15, 0.2) is 18.2 Å². The molecule has 0 bridgehead atoms. The van der Waals surface area contributed by atoms with Gasteiger partial charge in [-0.1, -0.05) is 13.0 Å². The van der Waals surface area contributed by atoms with E-state index in [4.69, 9.17) is 0 Å². The number of hydrogen-bond donors (Lipinski definition) is 1. The van der Waals surface area contributed by atoms with Gasteiger partial charge < -0.3 is 10.2 Å². The Morgan fingerprint density at radius 2 is 2.17 bits per heavy atom. The zero-order valence-electron chi connectivity index (χ0n) is 10.8. The lowest BCUT2D eigenvalue weighted by molar-refractivity contribution is -0.384. The fourth-order valence-electron chi connectivity index (χ4n) is 1.76. The van der Waals surface area contributed by atoms with E-state index in [2.05, 4.69) is 5.32 Å². The van der Waals surface area contributed by atoms with E-state index >= 15 is 0 Å². The van der Waals surface area contributed by atoms with Crippen molar-refractivity contribution in [3.05, 3.63) is 33.9 Å². The minimum atomic E-state index is -0.529. The summed E-state index contributed by atoms with van der Waals surface area (Å²) in [5, 5.41) is 13.8. The molecule has 0 aromatic heterocycles. The molecular formula is C12H17N3O3. The highest BCUT2D eigenvalue weighted by atomic mass is 16.6. The molecule has 0 aliphatic heterocycles. The van der Waals surface area contributed by atoms with Gasteiger partial charge in [-0.25, -0.2) is 0 Å². The second-order valence-corrected chi connectivity index (χ2v) is 3.94. The molecule has 0 aliphatic rings. The topological polar surface area (TPSA) is 75.5 Å². The van der Waals surface area contributed by atoms with E-state index in [1.807, 2.05) is 6.92 Å². The van der Waals surface area contributed by atoms with E-state index in [0.717, 1.165) is 6.42 Å². The largest absolute Gasteiger partial charge is 0.383 e. The molecule has 98 valence electrons. The van der Waals surface area contributed by atoms with Crippen molar-refractivity contribution in [3.63, 3.8) is 0 Å². The van der Waals surface area contributed by atoms with Crippen LogP contribution in [0.4, 0.5) is 11.4 Å². The molecule has 1 aromatic carbocycles. The highest BCUT2D eigenvalue weighted by molar-refractivity contribution is 6.00. The summed E-state index contributed by atoms with van der Waals surface area (Å²) in [7, 11) is 3.23. The van der Waals surface area contributed by atoms with Crippen LogP contribution in [0.25, 0.3) is 0 Å². The standard InChI is InChI=1S/C12H17N3O3/c1-4-8-14(3)12(16)9-6-5-7-10(13-2)11(9)15(17)18/h5-7,13H,4,8H2,1-3H3. The van der Waals surface area contributed by atoms with Crippen molar-refractivity contribution >= 4 is 17.3 Å². The normalized spacial score (nSPS) is 9.94. The molecule has 1 N–H and O–H groups in total. The lowest BCUT2D eigenvalue weighted by atomic mass is 10.1. The Balaban J connectivity index is 3.23. The van der Waals surface area contributed by atoms with Gasteiger partial charge in [0.05, 0.1) is 4.92 Å². The molecule has 1 aromatic rings. The number of nitro benzene ring substituents is 1. The zero-order valence-corrected chi connectivity index (χ0v) is 10.8. The quantitative estimate of drug-likeness (QED) is 0.642. The van der Waals surface area contributed by atoms with Crippen LogP contribution in [0.1, 0.15) is 23.7 Å². The smallest absolute Gasteiger partial charge is 0.305 e. The van der Waals surface area contributed by atoms with Crippen LogP contribution in [0.3, 0.4) is 0 Å². The van der Waals surface area contributed by atoms with Gasteiger partial charge >= 0.3 is 5.69 Å². The average Bonchev–Trinajstić information content (AvgIpc) is 2.36. The number of rotatable bonds is 5. The van der Waals surface area contributed by atoms with Gasteiger partial charge in [0.2, 0.25) is 0 Å². The molecule has 6 heteroatoms. The molecule has 0 unspecified atom stereocenters. The van der Waals surface area contributed by atoms with Crippen molar-refractivity contribution in [2.45, 2.75) is 13.3 Å². The highest BCUT2D eigenvalue weighted by Gasteiger charge is 2.25. The van der Waals surface area contributed by atoms with Crippen LogP contribution in [-0.2, 0) is 0 Å². The summed E-state index contributed by atoms with van der Waals surface area (Å²) in [5.74, 6) is -0.333. The van der Waals surface area contributed by atoms with Crippen LogP contribution < -0.4 is 5.32 Å². The third kappa shape index (κ3) is 2.77. The lowest BCUT2D eigenvalue weighted by Crippen LogP contribution is -2.28. The summed E-state index contributed by atoms with van der Waals surface area (Å²) in [6.07, 6.45) is 0.807. The fraction of sp³-hybridized carbons (Fsp3) is 0.417. The molecule has 0 saturated heterocycles. The first-order valence-electron chi connectivity index (χ1n) is 5.73. The van der Waals surface area contributed by atoms with Gasteiger partial charge in [-0.3, -0.25) is 14.9 Å². The maximum Gasteiger partial charge on any atom is 0.305 e. The molecular weight excluding hydrogens is 234 g/mol. The Kier molecular flexibility index (Phi) is 4.65. The molecule has 1 rings (SSSR count). The van der Waals surface area contributed by atoms with E-state index in [1.54, 1.807) is 26.2 Å². The third-order valence-electron chi connectivity index (χ3n) is 2.62. The molecule has 0 saturated carbocycles. The fourth-order valence-corrected chi connectivity index (χ4v) is 1.76. The van der Waals surface area contributed by atoms with E-state index < -0.39 is 4.92 Å². The number of anilines is 1. The Bertz CT molecular complexity index is 460. The summed E-state index contributed by atoms with van der Waals surface area (Å²) < 4.78 is 0. The lowest BCUT2D eigenvalue weighted by Gasteiger charge is -2.16. The number of amides is 1. The SMILES string of the molecule is CCCN(C)C(=O)c1cccc(NC)c1[N+](=O)[O-]. The molecule has 0 atom stereocenters. The Morgan fingerprint density at radius 3 is 2.67 bits per heavy atom. The Hall–Kier alpha value is -2.11. The van der Waals surface area contributed by atoms with Gasteiger partial charge in [0.1, 0.15) is 11.3 Å². The van der Waals surface area contributed by atoms with Gasteiger partial charge in [-0.15, -0.1) is 0 Å². The van der Waals surface area contributed by atoms with Crippen molar-refractivity contribution in [1.29, 1.82) is 0 Å². The predicted octanol–water partition coefficient (Wildman–Crippen LogP) is 2.12. The summed E-state index contributed by atoms with van der Waals surface area (Å²) >= 11 is 0. The number of carbonyl (C=O) groups excluding carboxylic acids is 1. The number of nitrogens with zero attached hydrogens (tertiary/aromatic N) is 2. The number of nitrogens with one attached hydrogen (secondary N) is 1. The van der Waals surface area contributed by atoms with Crippen molar-refractivity contribution in [1.82, 2.24) is 4.90 Å². The van der Waals surface area contributed by atoms with Gasteiger partial charge in [-0.2, -0.15) is 0 Å². The van der Waals surface area contributed by atoms with Crippen molar-refractivity contribution in [2.24, 2.45) is 0 Å². The maximum absolute atomic E-state index is 12.1. The number of benzene rings is 1. The molecule has 0 heterocycles. The molecule has 6 nitrogen and oxygen atoms in total. The van der Waals surface area contributed by atoms with E-state index in [-0.39, 0.29) is 17.2 Å². The maximum atomic E-state index is 12.1. The van der Waals surface area contributed by atoms with Gasteiger partial charge in [0.15, 0.2) is 0 Å². The molecule has 0 aliphatic carbocycles. The minimum absolute atomic E-state index is 0.114. The number of para-hydroxylation sites is 1. The predicted molar refractivity (Wildman–Crippen MR) is 69.9 cm³/mol. The Morgan fingerprint density at radius 1 is 1.50 bits per heavy atom. The number of nitro groups is 1.